The van der Waals surface area contributed by atoms with E-state index in [1.807, 2.05) is 6.92 Å². The molecule has 0 radical (unpaired) electrons. The van der Waals surface area contributed by atoms with Crippen LogP contribution in [0.4, 0.5) is 0 Å². The lowest BCUT2D eigenvalue weighted by Crippen LogP contribution is -2.39. The van der Waals surface area contributed by atoms with E-state index in [0.717, 1.165) is 13.0 Å². The highest BCUT2D eigenvalue weighted by atomic mass is 16.1. The molecule has 2 nitrogen and oxygen atoms in total. The van der Waals surface area contributed by atoms with Crippen LogP contribution in [0.15, 0.2) is 0 Å². The molecular formula is C17H33NO. The maximum absolute atomic E-state index is 12.3. The second-order valence-corrected chi connectivity index (χ2v) is 6.80. The summed E-state index contributed by atoms with van der Waals surface area (Å²) in [5, 5.41) is 3.04. The molecule has 0 saturated heterocycles. The molecule has 2 heteroatoms. The molecule has 1 unspecified atom stereocenters. The molecule has 0 bridgehead atoms. The fraction of sp³-hybridized carbons (Fsp3) is 0.941. The zero-order valence-electron chi connectivity index (χ0n) is 13.3. The fourth-order valence-electron chi connectivity index (χ4n) is 3.34. The summed E-state index contributed by atoms with van der Waals surface area (Å²) in [5.74, 6) is 0.483. The van der Waals surface area contributed by atoms with Crippen molar-refractivity contribution in [3.05, 3.63) is 0 Å². The van der Waals surface area contributed by atoms with Gasteiger partial charge < -0.3 is 5.32 Å². The summed E-state index contributed by atoms with van der Waals surface area (Å²) >= 11 is 0. The number of nitrogens with one attached hydrogen (secondary N) is 1. The molecule has 1 atom stereocenters. The van der Waals surface area contributed by atoms with Gasteiger partial charge in [-0.25, -0.2) is 0 Å². The number of carbonyl (C=O) groups excluding carboxylic acids is 1. The van der Waals surface area contributed by atoms with Gasteiger partial charge in [0.1, 0.15) is 0 Å². The van der Waals surface area contributed by atoms with Crippen LogP contribution in [0.2, 0.25) is 0 Å². The first-order valence-electron chi connectivity index (χ1n) is 8.35. The van der Waals surface area contributed by atoms with Crippen LogP contribution < -0.4 is 5.32 Å². The summed E-state index contributed by atoms with van der Waals surface area (Å²) < 4.78 is 0. The van der Waals surface area contributed by atoms with Gasteiger partial charge >= 0.3 is 0 Å². The van der Waals surface area contributed by atoms with Gasteiger partial charge in [-0.15, -0.1) is 0 Å². The highest BCUT2D eigenvalue weighted by Crippen LogP contribution is 2.37. The van der Waals surface area contributed by atoms with Gasteiger partial charge in [0.2, 0.25) is 5.91 Å². The number of rotatable bonds is 2. The van der Waals surface area contributed by atoms with E-state index in [0.29, 0.717) is 0 Å². The Bertz CT molecular complexity index is 260. The van der Waals surface area contributed by atoms with Crippen LogP contribution in [-0.4, -0.2) is 12.5 Å². The summed E-state index contributed by atoms with van der Waals surface area (Å²) in [4.78, 5) is 12.3. The summed E-state index contributed by atoms with van der Waals surface area (Å²) in [6.45, 7) is 7.35. The van der Waals surface area contributed by atoms with Crippen LogP contribution in [0.3, 0.4) is 0 Å². The Morgan fingerprint density at radius 1 is 1.00 bits per heavy atom. The van der Waals surface area contributed by atoms with Crippen molar-refractivity contribution in [2.45, 2.75) is 85.0 Å². The number of hydrogen-bond donors (Lipinski definition) is 1. The van der Waals surface area contributed by atoms with Crippen molar-refractivity contribution in [3.8, 4) is 0 Å². The number of amides is 1. The average Bonchev–Trinajstić information content (AvgIpc) is 2.34. The van der Waals surface area contributed by atoms with E-state index >= 15 is 0 Å². The molecule has 0 aromatic rings. The average molecular weight is 267 g/mol. The molecule has 1 aliphatic carbocycles. The number of carbonyl (C=O) groups is 1. The smallest absolute Gasteiger partial charge is 0.223 e. The molecule has 0 aliphatic heterocycles. The molecule has 1 rings (SSSR count). The highest BCUT2D eigenvalue weighted by molar-refractivity contribution is 5.79. The lowest BCUT2D eigenvalue weighted by molar-refractivity contribution is -0.129. The van der Waals surface area contributed by atoms with Crippen molar-refractivity contribution in [2.24, 2.45) is 11.3 Å². The molecule has 1 N–H and O–H groups in total. The van der Waals surface area contributed by atoms with Crippen LogP contribution in [-0.2, 0) is 4.79 Å². The van der Waals surface area contributed by atoms with Crippen molar-refractivity contribution in [3.63, 3.8) is 0 Å². The first kappa shape index (κ1) is 16.5. The third-order valence-corrected chi connectivity index (χ3v) is 4.67. The Kier molecular flexibility index (Phi) is 7.48. The maximum atomic E-state index is 12.3. The third kappa shape index (κ3) is 5.97. The second-order valence-electron chi connectivity index (χ2n) is 6.80. The Morgan fingerprint density at radius 3 is 2.11 bits per heavy atom. The summed E-state index contributed by atoms with van der Waals surface area (Å²) in [5.41, 5.74) is 0.151. The molecule has 1 saturated carbocycles. The van der Waals surface area contributed by atoms with E-state index in [-0.39, 0.29) is 17.2 Å². The van der Waals surface area contributed by atoms with E-state index < -0.39 is 0 Å². The van der Waals surface area contributed by atoms with Crippen LogP contribution in [0, 0.1) is 11.3 Å². The Balaban J connectivity index is 2.65. The third-order valence-electron chi connectivity index (χ3n) is 4.67. The molecule has 1 amide bonds. The predicted molar refractivity (Wildman–Crippen MR) is 82.1 cm³/mol. The molecule has 1 fully saturated rings. The van der Waals surface area contributed by atoms with E-state index in [1.54, 1.807) is 0 Å². The van der Waals surface area contributed by atoms with Gasteiger partial charge in [0, 0.05) is 12.5 Å². The summed E-state index contributed by atoms with van der Waals surface area (Å²) in [6.07, 6.45) is 12.9. The lowest BCUT2D eigenvalue weighted by Gasteiger charge is -2.34. The Labute approximate surface area is 119 Å². The molecule has 1 aliphatic rings. The van der Waals surface area contributed by atoms with E-state index in [2.05, 4.69) is 19.2 Å². The van der Waals surface area contributed by atoms with Gasteiger partial charge in [0.05, 0.1) is 0 Å². The van der Waals surface area contributed by atoms with Gasteiger partial charge in [-0.05, 0) is 25.2 Å². The van der Waals surface area contributed by atoms with Gasteiger partial charge in [-0.3, -0.25) is 4.79 Å². The molecule has 112 valence electrons. The minimum absolute atomic E-state index is 0.151. The second kappa shape index (κ2) is 8.60. The zero-order valence-corrected chi connectivity index (χ0v) is 13.3. The molecule has 0 spiro atoms. The molecule has 0 aromatic carbocycles. The van der Waals surface area contributed by atoms with Gasteiger partial charge in [-0.2, -0.15) is 0 Å². The molecule has 19 heavy (non-hydrogen) atoms. The normalized spacial score (nSPS) is 25.9. The minimum atomic E-state index is 0.151. The van der Waals surface area contributed by atoms with E-state index in [9.17, 15) is 4.79 Å². The van der Waals surface area contributed by atoms with Crippen LogP contribution in [0.25, 0.3) is 0 Å². The first-order chi connectivity index (χ1) is 9.08. The molecule has 0 heterocycles. The van der Waals surface area contributed by atoms with Crippen LogP contribution in [0.1, 0.15) is 85.0 Å². The van der Waals surface area contributed by atoms with Gasteiger partial charge in [0.15, 0.2) is 0 Å². The SMILES string of the molecule is CCNC(=O)C1CCCCCCCCCCC1(C)C. The number of hydrogen-bond acceptors (Lipinski definition) is 1. The largest absolute Gasteiger partial charge is 0.356 e. The predicted octanol–water partition coefficient (Wildman–Crippen LogP) is 4.68. The topological polar surface area (TPSA) is 29.1 Å². The van der Waals surface area contributed by atoms with Crippen molar-refractivity contribution < 1.29 is 4.79 Å². The quantitative estimate of drug-likeness (QED) is 0.773. The van der Waals surface area contributed by atoms with Crippen LogP contribution >= 0.6 is 0 Å². The lowest BCUT2D eigenvalue weighted by atomic mass is 9.72. The van der Waals surface area contributed by atoms with Gasteiger partial charge in [-0.1, -0.05) is 65.2 Å². The standard InChI is InChI=1S/C17H33NO/c1-4-18-16(19)15-13-11-9-7-5-6-8-10-12-14-17(15,2)3/h15H,4-14H2,1-3H3,(H,18,19). The molecule has 0 aromatic heterocycles. The van der Waals surface area contributed by atoms with Crippen molar-refractivity contribution >= 4 is 5.91 Å². The van der Waals surface area contributed by atoms with Crippen molar-refractivity contribution in [1.29, 1.82) is 0 Å². The highest BCUT2D eigenvalue weighted by Gasteiger charge is 2.33. The van der Waals surface area contributed by atoms with Crippen molar-refractivity contribution in [1.82, 2.24) is 5.32 Å². The summed E-state index contributed by atoms with van der Waals surface area (Å²) in [6, 6.07) is 0. The molecular weight excluding hydrogens is 234 g/mol. The van der Waals surface area contributed by atoms with Crippen molar-refractivity contribution in [2.75, 3.05) is 6.54 Å². The van der Waals surface area contributed by atoms with Crippen LogP contribution in [0.5, 0.6) is 0 Å². The summed E-state index contributed by atoms with van der Waals surface area (Å²) in [7, 11) is 0. The maximum Gasteiger partial charge on any atom is 0.223 e. The Hall–Kier alpha value is -0.530. The fourth-order valence-corrected chi connectivity index (χ4v) is 3.34. The Morgan fingerprint density at radius 2 is 1.53 bits per heavy atom. The van der Waals surface area contributed by atoms with E-state index in [4.69, 9.17) is 0 Å². The minimum Gasteiger partial charge on any atom is -0.356 e. The van der Waals surface area contributed by atoms with Gasteiger partial charge in [0.25, 0.3) is 0 Å². The first-order valence-corrected chi connectivity index (χ1v) is 8.35. The van der Waals surface area contributed by atoms with E-state index in [1.165, 1.54) is 57.8 Å². The monoisotopic (exact) mass is 267 g/mol. The zero-order chi connectivity index (χ0) is 14.1.